The summed E-state index contributed by atoms with van der Waals surface area (Å²) >= 11 is 1.91. The number of nitrogens with zero attached hydrogens (tertiary/aromatic N) is 2. The molecule has 0 bridgehead atoms. The fourth-order valence-electron chi connectivity index (χ4n) is 10.9. The van der Waals surface area contributed by atoms with Crippen LogP contribution in [0.15, 0.2) is 170 Å². The molecule has 0 spiro atoms. The van der Waals surface area contributed by atoms with Gasteiger partial charge in [-0.15, -0.1) is 11.3 Å². The topological polar surface area (TPSA) is 20.2 Å². The van der Waals surface area contributed by atoms with Crippen molar-refractivity contribution in [3.63, 3.8) is 0 Å². The number of aromatic nitrogens is 1. The summed E-state index contributed by atoms with van der Waals surface area (Å²) in [5.41, 5.74) is 21.1. The van der Waals surface area contributed by atoms with Gasteiger partial charge in [0.15, 0.2) is 0 Å². The molecule has 5 heteroatoms. The van der Waals surface area contributed by atoms with Gasteiger partial charge in [-0.2, -0.15) is 0 Å². The second-order valence-corrected chi connectivity index (χ2v) is 20.7. The third-order valence-electron chi connectivity index (χ3n) is 14.4. The molecule has 0 amide bonds. The summed E-state index contributed by atoms with van der Waals surface area (Å²) in [6.07, 6.45) is 2.35. The maximum Gasteiger partial charge on any atom is 0.211 e. The average Bonchev–Trinajstić information content (AvgIpc) is 3.86. The van der Waals surface area contributed by atoms with Gasteiger partial charge in [0.2, 0.25) is 7.28 Å². The molecule has 0 saturated carbocycles. The molecule has 0 fully saturated rings. The molecule has 3 heterocycles. The van der Waals surface area contributed by atoms with E-state index in [0.29, 0.717) is 0 Å². The Labute approximate surface area is 387 Å². The third-order valence-corrected chi connectivity index (χ3v) is 15.6. The van der Waals surface area contributed by atoms with Gasteiger partial charge in [-0.25, -0.2) is 0 Å². The van der Waals surface area contributed by atoms with Crippen molar-refractivity contribution in [3.05, 3.63) is 192 Å². The summed E-state index contributed by atoms with van der Waals surface area (Å²) < 4.78 is 5.27. The fraction of sp³-hybridized carbons (Fsp3) is 0.167. The molecule has 315 valence electrons. The zero-order valence-electron chi connectivity index (χ0n) is 38.0. The largest absolute Gasteiger partial charge is 0.355 e. The van der Waals surface area contributed by atoms with Crippen molar-refractivity contribution >= 4 is 89.2 Å². The summed E-state index contributed by atoms with van der Waals surface area (Å²) in [7, 11) is 2.51. The molecule has 2 aromatic heterocycles. The van der Waals surface area contributed by atoms with Crippen LogP contribution >= 0.6 is 11.3 Å². The molecular formula is C60H51BN3S. The first kappa shape index (κ1) is 39.8. The van der Waals surface area contributed by atoms with Crippen LogP contribution in [-0.2, 0) is 10.8 Å². The quantitative estimate of drug-likeness (QED) is 0.161. The van der Waals surface area contributed by atoms with Crippen molar-refractivity contribution in [1.29, 1.82) is 0 Å². The number of thiophene rings is 1. The van der Waals surface area contributed by atoms with Gasteiger partial charge in [0.25, 0.3) is 0 Å². The average molecular weight is 857 g/mol. The van der Waals surface area contributed by atoms with Crippen LogP contribution in [0.3, 0.4) is 0 Å². The van der Waals surface area contributed by atoms with Crippen molar-refractivity contribution in [2.45, 2.75) is 65.2 Å². The number of fused-ring (bicyclic) bond motifs is 8. The number of para-hydroxylation sites is 2. The summed E-state index contributed by atoms with van der Waals surface area (Å²) in [6, 6.07) is 62.8. The van der Waals surface area contributed by atoms with Crippen LogP contribution in [0.2, 0.25) is 0 Å². The van der Waals surface area contributed by atoms with Gasteiger partial charge in [-0.1, -0.05) is 124 Å². The van der Waals surface area contributed by atoms with Crippen LogP contribution in [0.5, 0.6) is 0 Å². The lowest BCUT2D eigenvalue weighted by atomic mass is 9.62. The SMILES string of the molecule is Cc1ccc(Nc2ccc(N(c3ccccc3)c3ccccc3)cc2-c2cc(C)c3c4cc5c(cc4n4c3c2[B]c2sc3ccc(-c6ccccc6)cc3c2-4)C(C)(C)CCC5(C)C)cc1. The first-order chi connectivity index (χ1) is 31.5. The van der Waals surface area contributed by atoms with Gasteiger partial charge in [-0.3, -0.25) is 0 Å². The Kier molecular flexibility index (Phi) is 9.09. The van der Waals surface area contributed by atoms with Crippen LogP contribution < -0.4 is 20.5 Å². The van der Waals surface area contributed by atoms with Gasteiger partial charge in [0.05, 0.1) is 11.2 Å². The first-order valence-corrected chi connectivity index (χ1v) is 23.9. The number of aryl methyl sites for hydroxylation is 2. The van der Waals surface area contributed by atoms with E-state index >= 15 is 0 Å². The Bertz CT molecular complexity index is 3450. The number of anilines is 5. The van der Waals surface area contributed by atoms with Gasteiger partial charge in [0.1, 0.15) is 0 Å². The Morgan fingerprint density at radius 1 is 0.585 bits per heavy atom. The highest BCUT2D eigenvalue weighted by Gasteiger charge is 2.39. The van der Waals surface area contributed by atoms with E-state index in [0.717, 1.165) is 34.0 Å². The Morgan fingerprint density at radius 2 is 1.23 bits per heavy atom. The van der Waals surface area contributed by atoms with Crippen LogP contribution in [0.25, 0.3) is 59.8 Å². The second-order valence-electron chi connectivity index (χ2n) is 19.7. The summed E-state index contributed by atoms with van der Waals surface area (Å²) in [6.45, 7) is 14.3. The molecule has 1 aliphatic heterocycles. The summed E-state index contributed by atoms with van der Waals surface area (Å²) in [4.78, 5) is 2.37. The molecule has 0 unspecified atom stereocenters. The van der Waals surface area contributed by atoms with E-state index in [-0.39, 0.29) is 10.8 Å². The molecule has 1 radical (unpaired) electrons. The van der Waals surface area contributed by atoms with Crippen molar-refractivity contribution in [1.82, 2.24) is 4.57 Å². The third kappa shape index (κ3) is 6.46. The molecule has 10 aromatic rings. The molecule has 65 heavy (non-hydrogen) atoms. The normalized spacial score (nSPS) is 14.6. The lowest BCUT2D eigenvalue weighted by Gasteiger charge is -2.42. The van der Waals surface area contributed by atoms with Crippen molar-refractivity contribution in [2.24, 2.45) is 0 Å². The minimum absolute atomic E-state index is 0.0694. The number of hydrogen-bond acceptors (Lipinski definition) is 3. The maximum atomic E-state index is 3.90. The van der Waals surface area contributed by atoms with E-state index in [1.54, 1.807) is 0 Å². The summed E-state index contributed by atoms with van der Waals surface area (Å²) in [5.74, 6) is 0. The molecule has 2 aliphatic rings. The number of nitrogens with one attached hydrogen (secondary N) is 1. The van der Waals surface area contributed by atoms with Gasteiger partial charge in [-0.05, 0) is 160 Å². The van der Waals surface area contributed by atoms with Crippen LogP contribution in [0, 0.1) is 13.8 Å². The molecule has 0 saturated heterocycles. The monoisotopic (exact) mass is 856 g/mol. The van der Waals surface area contributed by atoms with Crippen LogP contribution in [-0.4, -0.2) is 11.8 Å². The predicted octanol–water partition coefficient (Wildman–Crippen LogP) is 15.5. The van der Waals surface area contributed by atoms with E-state index in [9.17, 15) is 0 Å². The predicted molar refractivity (Wildman–Crippen MR) is 281 cm³/mol. The molecule has 0 atom stereocenters. The maximum absolute atomic E-state index is 3.90. The van der Waals surface area contributed by atoms with E-state index in [2.05, 4.69) is 233 Å². The van der Waals surface area contributed by atoms with Crippen molar-refractivity contribution in [2.75, 3.05) is 10.2 Å². The van der Waals surface area contributed by atoms with Gasteiger partial charge in [0, 0.05) is 60.4 Å². The molecular weight excluding hydrogens is 806 g/mol. The minimum atomic E-state index is 0.0694. The lowest BCUT2D eigenvalue weighted by molar-refractivity contribution is 0.332. The number of hydrogen-bond donors (Lipinski definition) is 1. The van der Waals surface area contributed by atoms with Crippen molar-refractivity contribution < 1.29 is 0 Å². The first-order valence-electron chi connectivity index (χ1n) is 23.0. The molecule has 1 aliphatic carbocycles. The highest BCUT2D eigenvalue weighted by molar-refractivity contribution is 7.29. The highest BCUT2D eigenvalue weighted by atomic mass is 32.1. The minimum Gasteiger partial charge on any atom is -0.355 e. The molecule has 8 aromatic carbocycles. The zero-order valence-corrected chi connectivity index (χ0v) is 38.8. The summed E-state index contributed by atoms with van der Waals surface area (Å²) in [5, 5.41) is 7.90. The second kappa shape index (κ2) is 14.9. The Morgan fingerprint density at radius 3 is 1.91 bits per heavy atom. The lowest BCUT2D eigenvalue weighted by Crippen LogP contribution is -2.35. The standard InChI is InChI=1S/C60H51BN3S/c1-37-22-25-41(26-23-37)62-51-28-27-44(63(42-18-12-8-13-19-42)43-20-14-9-15-21-43)34-45(51)46-32-38(2)54-47-35-49-50(60(5,6)31-30-59(49,3)4)36-52(47)64-56-48-33-40(39-16-10-7-11-17-39)24-29-53(48)65-58(56)61-55(46)57(54)64/h7-29,32-36,62H,30-31H2,1-6H3. The number of benzene rings is 8. The Hall–Kier alpha value is -6.82. The smallest absolute Gasteiger partial charge is 0.211 e. The Balaban J connectivity index is 1.17. The zero-order chi connectivity index (χ0) is 44.2. The molecule has 12 rings (SSSR count). The van der Waals surface area contributed by atoms with Crippen molar-refractivity contribution in [3.8, 4) is 27.9 Å². The van der Waals surface area contributed by atoms with E-state index < -0.39 is 0 Å². The van der Waals surface area contributed by atoms with Gasteiger partial charge < -0.3 is 14.8 Å². The molecule has 3 nitrogen and oxygen atoms in total. The van der Waals surface area contributed by atoms with Crippen LogP contribution in [0.1, 0.15) is 62.8 Å². The molecule has 1 N–H and O–H groups in total. The highest BCUT2D eigenvalue weighted by Crippen LogP contribution is 2.50. The van der Waals surface area contributed by atoms with Gasteiger partial charge >= 0.3 is 0 Å². The van der Waals surface area contributed by atoms with E-state index in [4.69, 9.17) is 0 Å². The van der Waals surface area contributed by atoms with E-state index in [1.165, 1.54) is 99.6 Å². The number of rotatable bonds is 7. The van der Waals surface area contributed by atoms with E-state index in [1.807, 2.05) is 11.3 Å². The fourth-order valence-corrected chi connectivity index (χ4v) is 12.0. The van der Waals surface area contributed by atoms with Crippen LogP contribution in [0.4, 0.5) is 28.4 Å².